The van der Waals surface area contributed by atoms with Gasteiger partial charge in [0, 0.05) is 18.7 Å². The molecule has 2 N–H and O–H groups in total. The molecule has 1 unspecified atom stereocenters. The minimum Gasteiger partial charge on any atom is -0.432 e. The lowest BCUT2D eigenvalue weighted by atomic mass is 10.00. The number of nitrogens with two attached hydrogens (primary N) is 1. The van der Waals surface area contributed by atoms with Gasteiger partial charge >= 0.3 is 5.97 Å². The van der Waals surface area contributed by atoms with E-state index < -0.39 is 6.29 Å². The maximum absolute atomic E-state index is 11.6. The molecule has 0 aliphatic carbocycles. The number of hydrogen-bond donors (Lipinski definition) is 1. The van der Waals surface area contributed by atoms with Gasteiger partial charge in [-0.25, -0.2) is 4.79 Å². The van der Waals surface area contributed by atoms with E-state index in [4.69, 9.17) is 15.2 Å². The van der Waals surface area contributed by atoms with Crippen molar-refractivity contribution in [1.29, 1.82) is 0 Å². The molecule has 2 rings (SSSR count). The van der Waals surface area contributed by atoms with Crippen molar-refractivity contribution >= 4 is 11.7 Å². The van der Waals surface area contributed by atoms with Crippen LogP contribution >= 0.6 is 0 Å². The number of rotatable bonds is 2. The number of nitrogen functional groups attached to an aromatic ring is 1. The third-order valence-electron chi connectivity index (χ3n) is 2.39. The minimum atomic E-state index is -0.500. The number of benzene rings is 1. The van der Waals surface area contributed by atoms with E-state index in [0.717, 1.165) is 5.56 Å². The molecule has 15 heavy (non-hydrogen) atoms. The lowest BCUT2D eigenvalue weighted by Crippen LogP contribution is -2.30. The molecular weight excluding hydrogens is 194 g/mol. The van der Waals surface area contributed by atoms with Crippen LogP contribution in [-0.4, -0.2) is 18.9 Å². The Morgan fingerprint density at radius 2 is 2.40 bits per heavy atom. The fourth-order valence-electron chi connectivity index (χ4n) is 1.69. The molecule has 1 aliphatic heterocycles. The predicted molar refractivity (Wildman–Crippen MR) is 55.4 cm³/mol. The largest absolute Gasteiger partial charge is 0.432 e. The van der Waals surface area contributed by atoms with E-state index in [9.17, 15) is 4.79 Å². The van der Waals surface area contributed by atoms with Crippen LogP contribution in [0.25, 0.3) is 0 Å². The Kier molecular flexibility index (Phi) is 2.60. The Morgan fingerprint density at radius 3 is 3.13 bits per heavy atom. The molecule has 1 aromatic carbocycles. The summed E-state index contributed by atoms with van der Waals surface area (Å²) in [6, 6.07) is 5.24. The van der Waals surface area contributed by atoms with Gasteiger partial charge in [0.05, 0.1) is 5.56 Å². The topological polar surface area (TPSA) is 61.5 Å². The summed E-state index contributed by atoms with van der Waals surface area (Å²) in [7, 11) is 0. The first-order chi connectivity index (χ1) is 7.22. The Bertz CT molecular complexity index is 389. The molecule has 0 aromatic heterocycles. The lowest BCUT2D eigenvalue weighted by molar-refractivity contribution is -0.109. The summed E-state index contributed by atoms with van der Waals surface area (Å²) in [5.41, 5.74) is 7.79. The summed E-state index contributed by atoms with van der Waals surface area (Å²) in [5.74, 6) is -0.359. The van der Waals surface area contributed by atoms with E-state index in [2.05, 4.69) is 0 Å². The van der Waals surface area contributed by atoms with Crippen LogP contribution in [-0.2, 0) is 15.9 Å². The van der Waals surface area contributed by atoms with Crippen molar-refractivity contribution in [2.45, 2.75) is 19.6 Å². The number of esters is 1. The van der Waals surface area contributed by atoms with Crippen molar-refractivity contribution in [3.63, 3.8) is 0 Å². The highest BCUT2D eigenvalue weighted by molar-refractivity contribution is 5.93. The molecule has 0 spiro atoms. The summed E-state index contributed by atoms with van der Waals surface area (Å²) < 4.78 is 10.4. The molecule has 4 heteroatoms. The molecule has 80 valence electrons. The number of cyclic esters (lactones) is 1. The summed E-state index contributed by atoms with van der Waals surface area (Å²) in [4.78, 5) is 11.6. The van der Waals surface area contributed by atoms with Crippen molar-refractivity contribution in [2.24, 2.45) is 0 Å². The highest BCUT2D eigenvalue weighted by atomic mass is 16.7. The van der Waals surface area contributed by atoms with Crippen molar-refractivity contribution in [1.82, 2.24) is 0 Å². The number of fused-ring (bicyclic) bond motifs is 1. The Labute approximate surface area is 88.0 Å². The average molecular weight is 207 g/mol. The summed E-state index contributed by atoms with van der Waals surface area (Å²) in [6.45, 7) is 2.37. The van der Waals surface area contributed by atoms with Gasteiger partial charge in [-0.15, -0.1) is 0 Å². The molecule has 0 bridgehead atoms. The second-order valence-electron chi connectivity index (χ2n) is 3.37. The van der Waals surface area contributed by atoms with E-state index in [-0.39, 0.29) is 5.97 Å². The molecule has 4 nitrogen and oxygen atoms in total. The van der Waals surface area contributed by atoms with Gasteiger partial charge in [-0.2, -0.15) is 0 Å². The minimum absolute atomic E-state index is 0.359. The van der Waals surface area contributed by atoms with E-state index in [1.807, 2.05) is 6.92 Å². The van der Waals surface area contributed by atoms with Gasteiger partial charge < -0.3 is 15.2 Å². The molecule has 0 saturated heterocycles. The standard InChI is InChI=1S/C11H13NO3/c1-2-14-10-6-8-7(11(13)15-10)4-3-5-9(8)12/h3-5,10H,2,6,12H2,1H3. The molecule has 1 atom stereocenters. The zero-order valence-corrected chi connectivity index (χ0v) is 8.53. The van der Waals surface area contributed by atoms with Gasteiger partial charge in [0.15, 0.2) is 0 Å². The van der Waals surface area contributed by atoms with Gasteiger partial charge in [0.1, 0.15) is 0 Å². The molecule has 0 saturated carbocycles. The second-order valence-corrected chi connectivity index (χ2v) is 3.37. The third-order valence-corrected chi connectivity index (χ3v) is 2.39. The zero-order valence-electron chi connectivity index (χ0n) is 8.53. The van der Waals surface area contributed by atoms with Crippen LogP contribution in [0, 0.1) is 0 Å². The first-order valence-corrected chi connectivity index (χ1v) is 4.92. The first-order valence-electron chi connectivity index (χ1n) is 4.92. The number of hydrogen-bond acceptors (Lipinski definition) is 4. The van der Waals surface area contributed by atoms with Crippen LogP contribution in [0.1, 0.15) is 22.8 Å². The molecule has 0 radical (unpaired) electrons. The normalized spacial score (nSPS) is 19.5. The summed E-state index contributed by atoms with van der Waals surface area (Å²) in [5, 5.41) is 0. The molecule has 0 fully saturated rings. The van der Waals surface area contributed by atoms with Gasteiger partial charge in [0.25, 0.3) is 0 Å². The quantitative estimate of drug-likeness (QED) is 0.587. The molecular formula is C11H13NO3. The smallest absolute Gasteiger partial charge is 0.340 e. The predicted octanol–water partition coefficient (Wildman–Crippen LogP) is 1.34. The SMILES string of the molecule is CCOC1Cc2c(N)cccc2C(=O)O1. The van der Waals surface area contributed by atoms with Crippen molar-refractivity contribution in [2.75, 3.05) is 12.3 Å². The summed E-state index contributed by atoms with van der Waals surface area (Å²) in [6.07, 6.45) is 0.0291. The summed E-state index contributed by atoms with van der Waals surface area (Å²) >= 11 is 0. The second kappa shape index (κ2) is 3.90. The van der Waals surface area contributed by atoms with Crippen LogP contribution in [0.15, 0.2) is 18.2 Å². The van der Waals surface area contributed by atoms with Crippen LogP contribution in [0.4, 0.5) is 5.69 Å². The first kappa shape index (κ1) is 9.98. The highest BCUT2D eigenvalue weighted by Crippen LogP contribution is 2.25. The van der Waals surface area contributed by atoms with E-state index in [1.165, 1.54) is 0 Å². The van der Waals surface area contributed by atoms with E-state index in [0.29, 0.717) is 24.3 Å². The van der Waals surface area contributed by atoms with Crippen molar-refractivity contribution in [3.05, 3.63) is 29.3 Å². The maximum Gasteiger partial charge on any atom is 0.340 e. The van der Waals surface area contributed by atoms with Gasteiger partial charge in [-0.3, -0.25) is 0 Å². The number of anilines is 1. The number of carbonyl (C=O) groups excluding carboxylic acids is 1. The maximum atomic E-state index is 11.6. The fourth-order valence-corrected chi connectivity index (χ4v) is 1.69. The zero-order chi connectivity index (χ0) is 10.8. The van der Waals surface area contributed by atoms with Gasteiger partial charge in [-0.1, -0.05) is 6.07 Å². The molecule has 0 amide bonds. The number of ether oxygens (including phenoxy) is 2. The van der Waals surface area contributed by atoms with E-state index in [1.54, 1.807) is 18.2 Å². The van der Waals surface area contributed by atoms with Crippen LogP contribution in [0.3, 0.4) is 0 Å². The Morgan fingerprint density at radius 1 is 1.60 bits per heavy atom. The Hall–Kier alpha value is -1.55. The van der Waals surface area contributed by atoms with Crippen LogP contribution < -0.4 is 5.73 Å². The number of carbonyl (C=O) groups is 1. The lowest BCUT2D eigenvalue weighted by Gasteiger charge is -2.25. The fraction of sp³-hybridized carbons (Fsp3) is 0.364. The Balaban J connectivity index is 2.33. The van der Waals surface area contributed by atoms with Crippen molar-refractivity contribution < 1.29 is 14.3 Å². The highest BCUT2D eigenvalue weighted by Gasteiger charge is 2.27. The molecule has 1 aliphatic rings. The van der Waals surface area contributed by atoms with Gasteiger partial charge in [0.2, 0.25) is 6.29 Å². The third kappa shape index (κ3) is 1.80. The monoisotopic (exact) mass is 207 g/mol. The van der Waals surface area contributed by atoms with E-state index >= 15 is 0 Å². The van der Waals surface area contributed by atoms with Crippen molar-refractivity contribution in [3.8, 4) is 0 Å². The molecule has 1 heterocycles. The average Bonchev–Trinajstić information content (AvgIpc) is 2.20. The van der Waals surface area contributed by atoms with Crippen LogP contribution in [0.2, 0.25) is 0 Å². The van der Waals surface area contributed by atoms with Gasteiger partial charge in [-0.05, 0) is 24.6 Å². The van der Waals surface area contributed by atoms with Crippen LogP contribution in [0.5, 0.6) is 0 Å². The molecule has 1 aromatic rings.